The third kappa shape index (κ3) is 2.65. The number of benzene rings is 1. The molecule has 2 nitrogen and oxygen atoms in total. The molecule has 0 aliphatic heterocycles. The molecule has 15 heavy (non-hydrogen) atoms. The second-order valence-corrected chi connectivity index (χ2v) is 5.25. The molecule has 0 amide bonds. The topological polar surface area (TPSA) is 38.9 Å². The van der Waals surface area contributed by atoms with Crippen LogP contribution < -0.4 is 5.73 Å². The second kappa shape index (κ2) is 4.88. The Bertz CT molecular complexity index is 453. The fourth-order valence-electron chi connectivity index (χ4n) is 1.35. The van der Waals surface area contributed by atoms with Crippen LogP contribution in [-0.4, -0.2) is 4.98 Å². The van der Waals surface area contributed by atoms with Crippen molar-refractivity contribution in [3.8, 4) is 0 Å². The highest BCUT2D eigenvalue weighted by Gasteiger charge is 2.04. The van der Waals surface area contributed by atoms with Crippen molar-refractivity contribution in [3.05, 3.63) is 50.4 Å². The third-order valence-electron chi connectivity index (χ3n) is 2.10. The van der Waals surface area contributed by atoms with Gasteiger partial charge in [0.25, 0.3) is 0 Å². The predicted octanol–water partition coefficient (Wildman–Crippen LogP) is 2.96. The standard InChI is InChI=1S/C11H11BrN2S/c12-10-4-2-1-3-8(10)5-9-7-14-11(6-13)15-9/h1-4,7H,5-6,13H2. The molecular formula is C11H11BrN2S. The summed E-state index contributed by atoms with van der Waals surface area (Å²) in [6.07, 6.45) is 2.82. The second-order valence-electron chi connectivity index (χ2n) is 3.19. The Morgan fingerprint density at radius 2 is 2.13 bits per heavy atom. The lowest BCUT2D eigenvalue weighted by molar-refractivity contribution is 1.04. The van der Waals surface area contributed by atoms with E-state index in [4.69, 9.17) is 5.73 Å². The van der Waals surface area contributed by atoms with E-state index in [1.807, 2.05) is 18.3 Å². The molecule has 0 saturated heterocycles. The Balaban J connectivity index is 2.18. The minimum Gasteiger partial charge on any atom is -0.325 e. The number of halogens is 1. The molecule has 78 valence electrons. The highest BCUT2D eigenvalue weighted by molar-refractivity contribution is 9.10. The Kier molecular flexibility index (Phi) is 3.51. The number of hydrogen-bond donors (Lipinski definition) is 1. The van der Waals surface area contributed by atoms with Crippen LogP contribution in [0, 0.1) is 0 Å². The molecule has 2 N–H and O–H groups in total. The Hall–Kier alpha value is -0.710. The zero-order valence-corrected chi connectivity index (χ0v) is 10.5. The van der Waals surface area contributed by atoms with Crippen LogP contribution in [0.4, 0.5) is 0 Å². The van der Waals surface area contributed by atoms with Crippen LogP contribution in [-0.2, 0) is 13.0 Å². The summed E-state index contributed by atoms with van der Waals surface area (Å²) in [4.78, 5) is 5.49. The van der Waals surface area contributed by atoms with E-state index in [0.717, 1.165) is 15.9 Å². The summed E-state index contributed by atoms with van der Waals surface area (Å²) in [5.41, 5.74) is 6.81. The van der Waals surface area contributed by atoms with Crippen LogP contribution in [0.1, 0.15) is 15.4 Å². The summed E-state index contributed by atoms with van der Waals surface area (Å²) >= 11 is 5.22. The summed E-state index contributed by atoms with van der Waals surface area (Å²) in [5, 5.41) is 0.997. The molecule has 0 spiro atoms. The number of nitrogens with two attached hydrogens (primary N) is 1. The van der Waals surface area contributed by atoms with E-state index in [1.165, 1.54) is 10.4 Å². The summed E-state index contributed by atoms with van der Waals surface area (Å²) in [6, 6.07) is 8.24. The first-order chi connectivity index (χ1) is 7.29. The summed E-state index contributed by atoms with van der Waals surface area (Å²) in [5.74, 6) is 0. The minimum atomic E-state index is 0.528. The van der Waals surface area contributed by atoms with Crippen LogP contribution in [0.25, 0.3) is 0 Å². The molecule has 0 saturated carbocycles. The van der Waals surface area contributed by atoms with Gasteiger partial charge in [0.05, 0.1) is 0 Å². The maximum Gasteiger partial charge on any atom is 0.106 e. The van der Waals surface area contributed by atoms with Crippen molar-refractivity contribution in [2.24, 2.45) is 5.73 Å². The molecule has 0 fully saturated rings. The first-order valence-electron chi connectivity index (χ1n) is 4.66. The van der Waals surface area contributed by atoms with Crippen molar-refractivity contribution in [1.29, 1.82) is 0 Å². The molecule has 4 heteroatoms. The molecule has 1 aromatic heterocycles. The average molecular weight is 283 g/mol. The molecular weight excluding hydrogens is 272 g/mol. The van der Waals surface area contributed by atoms with E-state index < -0.39 is 0 Å². The van der Waals surface area contributed by atoms with Crippen LogP contribution in [0.3, 0.4) is 0 Å². The molecule has 1 heterocycles. The van der Waals surface area contributed by atoms with Crippen molar-refractivity contribution in [3.63, 3.8) is 0 Å². The average Bonchev–Trinajstić information content (AvgIpc) is 2.69. The van der Waals surface area contributed by atoms with Gasteiger partial charge in [-0.05, 0) is 11.6 Å². The lowest BCUT2D eigenvalue weighted by atomic mass is 10.1. The third-order valence-corrected chi connectivity index (χ3v) is 3.89. The lowest BCUT2D eigenvalue weighted by Crippen LogP contribution is -1.93. The number of nitrogens with zero attached hydrogens (tertiary/aromatic N) is 1. The summed E-state index contributed by atoms with van der Waals surface area (Å²) in [6.45, 7) is 0.528. The highest BCUT2D eigenvalue weighted by Crippen LogP contribution is 2.22. The van der Waals surface area contributed by atoms with Crippen LogP contribution in [0.2, 0.25) is 0 Å². The van der Waals surface area contributed by atoms with Gasteiger partial charge in [0.2, 0.25) is 0 Å². The number of aromatic nitrogens is 1. The van der Waals surface area contributed by atoms with E-state index in [9.17, 15) is 0 Å². The van der Waals surface area contributed by atoms with Crippen molar-refractivity contribution in [2.75, 3.05) is 0 Å². The molecule has 0 radical (unpaired) electrons. The quantitative estimate of drug-likeness (QED) is 0.940. The van der Waals surface area contributed by atoms with Gasteiger partial charge in [0.15, 0.2) is 0 Å². The SMILES string of the molecule is NCc1ncc(Cc2ccccc2Br)s1. The van der Waals surface area contributed by atoms with E-state index in [1.54, 1.807) is 11.3 Å². The fourth-order valence-corrected chi connectivity index (χ4v) is 2.60. The molecule has 0 bridgehead atoms. The Morgan fingerprint density at radius 3 is 2.80 bits per heavy atom. The van der Waals surface area contributed by atoms with E-state index >= 15 is 0 Å². The molecule has 0 atom stereocenters. The summed E-state index contributed by atoms with van der Waals surface area (Å²) in [7, 11) is 0. The predicted molar refractivity (Wildman–Crippen MR) is 67.0 cm³/mol. The molecule has 0 aliphatic carbocycles. The normalized spacial score (nSPS) is 10.5. The maximum atomic E-state index is 5.53. The van der Waals surface area contributed by atoms with Crippen molar-refractivity contribution >= 4 is 27.3 Å². The van der Waals surface area contributed by atoms with Gasteiger partial charge in [-0.15, -0.1) is 11.3 Å². The fraction of sp³-hybridized carbons (Fsp3) is 0.182. The first-order valence-corrected chi connectivity index (χ1v) is 6.27. The maximum absolute atomic E-state index is 5.53. The molecule has 2 aromatic rings. The molecule has 2 rings (SSSR count). The van der Waals surface area contributed by atoms with Gasteiger partial charge in [0.1, 0.15) is 5.01 Å². The monoisotopic (exact) mass is 282 g/mol. The molecule has 0 aliphatic rings. The van der Waals surface area contributed by atoms with Crippen molar-refractivity contribution < 1.29 is 0 Å². The lowest BCUT2D eigenvalue weighted by Gasteiger charge is -2.00. The van der Waals surface area contributed by atoms with Gasteiger partial charge in [-0.25, -0.2) is 4.98 Å². The van der Waals surface area contributed by atoms with Gasteiger partial charge >= 0.3 is 0 Å². The Labute approximate surface area is 101 Å². The van der Waals surface area contributed by atoms with Crippen molar-refractivity contribution in [2.45, 2.75) is 13.0 Å². The number of rotatable bonds is 3. The van der Waals surface area contributed by atoms with Gasteiger partial charge < -0.3 is 5.73 Å². The number of thiazole rings is 1. The largest absolute Gasteiger partial charge is 0.325 e. The van der Waals surface area contributed by atoms with E-state index in [-0.39, 0.29) is 0 Å². The molecule has 1 aromatic carbocycles. The molecule has 0 unspecified atom stereocenters. The highest BCUT2D eigenvalue weighted by atomic mass is 79.9. The van der Waals surface area contributed by atoms with Crippen LogP contribution in [0.15, 0.2) is 34.9 Å². The zero-order chi connectivity index (χ0) is 10.7. The van der Waals surface area contributed by atoms with Crippen LogP contribution >= 0.6 is 27.3 Å². The van der Waals surface area contributed by atoms with Gasteiger partial charge in [-0.2, -0.15) is 0 Å². The van der Waals surface area contributed by atoms with Gasteiger partial charge in [-0.3, -0.25) is 0 Å². The zero-order valence-electron chi connectivity index (χ0n) is 8.11. The Morgan fingerprint density at radius 1 is 1.33 bits per heavy atom. The van der Waals surface area contributed by atoms with Gasteiger partial charge in [0, 0.05) is 28.5 Å². The van der Waals surface area contributed by atoms with Crippen molar-refractivity contribution in [1.82, 2.24) is 4.98 Å². The summed E-state index contributed by atoms with van der Waals surface area (Å²) < 4.78 is 1.15. The van der Waals surface area contributed by atoms with E-state index in [0.29, 0.717) is 6.54 Å². The van der Waals surface area contributed by atoms with E-state index in [2.05, 4.69) is 33.0 Å². The number of hydrogen-bond acceptors (Lipinski definition) is 3. The van der Waals surface area contributed by atoms with Crippen LogP contribution in [0.5, 0.6) is 0 Å². The van der Waals surface area contributed by atoms with Gasteiger partial charge in [-0.1, -0.05) is 34.1 Å². The first kappa shape index (κ1) is 10.8. The minimum absolute atomic E-state index is 0.528. The smallest absolute Gasteiger partial charge is 0.106 e.